The van der Waals surface area contributed by atoms with E-state index >= 15 is 0 Å². The van der Waals surface area contributed by atoms with Gasteiger partial charge in [0.15, 0.2) is 0 Å². The van der Waals surface area contributed by atoms with Crippen molar-refractivity contribution in [1.82, 2.24) is 0 Å². The van der Waals surface area contributed by atoms with Crippen molar-refractivity contribution >= 4 is 20.6 Å². The highest BCUT2D eigenvalue weighted by molar-refractivity contribution is 7.91. The molecule has 0 aliphatic heterocycles. The second-order valence-corrected chi connectivity index (χ2v) is 8.73. The molecular formula is C24H19FO3S. The van der Waals surface area contributed by atoms with Gasteiger partial charge in [-0.3, -0.25) is 0 Å². The van der Waals surface area contributed by atoms with E-state index < -0.39 is 9.84 Å². The number of benzene rings is 4. The summed E-state index contributed by atoms with van der Waals surface area (Å²) in [6.07, 6.45) is 0.282. The monoisotopic (exact) mass is 406 g/mol. The number of fused-ring (bicyclic) bond motifs is 1. The molecule has 0 atom stereocenters. The standard InChI is InChI=1S/C24H19FO3S/c25-22-10-7-17(8-11-22)19-5-6-21-16-23(12-9-20(21)15-19)29(27,28)24-4-2-1-3-18(24)13-14-26/h1-12,15-16,26H,13-14H2. The van der Waals surface area contributed by atoms with Crippen LogP contribution in [0.25, 0.3) is 21.9 Å². The van der Waals surface area contributed by atoms with Crippen molar-refractivity contribution < 1.29 is 17.9 Å². The van der Waals surface area contributed by atoms with Crippen molar-refractivity contribution in [2.24, 2.45) is 0 Å². The maximum atomic E-state index is 13.2. The zero-order chi connectivity index (χ0) is 20.4. The number of aliphatic hydroxyl groups is 1. The molecule has 1 N–H and O–H groups in total. The Morgan fingerprint density at radius 2 is 1.41 bits per heavy atom. The summed E-state index contributed by atoms with van der Waals surface area (Å²) in [4.78, 5) is 0.432. The first-order valence-corrected chi connectivity index (χ1v) is 10.7. The number of rotatable bonds is 5. The Labute approximate surface area is 169 Å². The first kappa shape index (κ1) is 19.3. The molecule has 0 amide bonds. The van der Waals surface area contributed by atoms with Crippen molar-refractivity contribution in [3.05, 3.63) is 96.3 Å². The summed E-state index contributed by atoms with van der Waals surface area (Å²) in [7, 11) is -3.70. The number of hydrogen-bond acceptors (Lipinski definition) is 3. The number of halogens is 1. The predicted octanol–water partition coefficient (Wildman–Crippen LogP) is 5.01. The van der Waals surface area contributed by atoms with Crippen molar-refractivity contribution in [2.75, 3.05) is 6.61 Å². The fourth-order valence-electron chi connectivity index (χ4n) is 3.43. The minimum atomic E-state index is -3.70. The predicted molar refractivity (Wildman–Crippen MR) is 112 cm³/mol. The van der Waals surface area contributed by atoms with Crippen LogP contribution in [-0.2, 0) is 16.3 Å². The van der Waals surface area contributed by atoms with Gasteiger partial charge < -0.3 is 5.11 Å². The summed E-state index contributed by atoms with van der Waals surface area (Å²) in [6.45, 7) is -0.115. The molecule has 146 valence electrons. The summed E-state index contributed by atoms with van der Waals surface area (Å²) in [6, 6.07) is 23.8. The molecule has 4 rings (SSSR count). The average Bonchev–Trinajstić information content (AvgIpc) is 2.74. The first-order chi connectivity index (χ1) is 14.0. The van der Waals surface area contributed by atoms with Crippen molar-refractivity contribution in [3.63, 3.8) is 0 Å². The molecular weight excluding hydrogens is 387 g/mol. The minimum absolute atomic E-state index is 0.115. The molecule has 4 aromatic carbocycles. The quantitative estimate of drug-likeness (QED) is 0.507. The molecule has 0 fully saturated rings. The van der Waals surface area contributed by atoms with Gasteiger partial charge in [-0.25, -0.2) is 12.8 Å². The summed E-state index contributed by atoms with van der Waals surface area (Å²) in [5.41, 5.74) is 2.42. The summed E-state index contributed by atoms with van der Waals surface area (Å²) >= 11 is 0. The largest absolute Gasteiger partial charge is 0.396 e. The fourth-order valence-corrected chi connectivity index (χ4v) is 4.99. The van der Waals surface area contributed by atoms with E-state index in [2.05, 4.69) is 0 Å². The molecule has 4 aromatic rings. The fraction of sp³-hybridized carbons (Fsp3) is 0.0833. The normalized spacial score (nSPS) is 11.7. The topological polar surface area (TPSA) is 54.4 Å². The third-order valence-electron chi connectivity index (χ3n) is 4.94. The lowest BCUT2D eigenvalue weighted by Crippen LogP contribution is -2.07. The van der Waals surface area contributed by atoms with Crippen LogP contribution in [0.15, 0.2) is 94.7 Å². The number of hydrogen-bond donors (Lipinski definition) is 1. The summed E-state index contributed by atoms with van der Waals surface area (Å²) in [5.74, 6) is -0.286. The van der Waals surface area contributed by atoms with Crippen molar-refractivity contribution in [1.29, 1.82) is 0 Å². The van der Waals surface area contributed by atoms with E-state index in [0.717, 1.165) is 21.9 Å². The highest BCUT2D eigenvalue weighted by Crippen LogP contribution is 2.30. The Bertz CT molecular complexity index is 1280. The van der Waals surface area contributed by atoms with E-state index in [9.17, 15) is 17.9 Å². The zero-order valence-electron chi connectivity index (χ0n) is 15.5. The molecule has 0 aliphatic carbocycles. The van der Waals surface area contributed by atoms with Gasteiger partial charge in [-0.1, -0.05) is 48.5 Å². The van der Waals surface area contributed by atoms with Crippen LogP contribution in [-0.4, -0.2) is 20.1 Å². The van der Waals surface area contributed by atoms with E-state index in [0.29, 0.717) is 5.56 Å². The van der Waals surface area contributed by atoms with Crippen LogP contribution in [0.2, 0.25) is 0 Å². The zero-order valence-corrected chi connectivity index (χ0v) is 16.4. The minimum Gasteiger partial charge on any atom is -0.396 e. The number of aliphatic hydroxyl groups excluding tert-OH is 1. The van der Waals surface area contributed by atoms with E-state index in [1.54, 1.807) is 54.6 Å². The van der Waals surface area contributed by atoms with Gasteiger partial charge in [0.25, 0.3) is 0 Å². The maximum absolute atomic E-state index is 13.2. The van der Waals surface area contributed by atoms with Gasteiger partial charge in [0.2, 0.25) is 9.84 Å². The molecule has 0 unspecified atom stereocenters. The second-order valence-electron chi connectivity index (χ2n) is 6.82. The Kier molecular flexibility index (Phi) is 5.18. The molecule has 29 heavy (non-hydrogen) atoms. The third kappa shape index (κ3) is 3.79. The lowest BCUT2D eigenvalue weighted by Gasteiger charge is -2.11. The van der Waals surface area contributed by atoms with E-state index in [1.807, 2.05) is 18.2 Å². The van der Waals surface area contributed by atoms with Crippen LogP contribution >= 0.6 is 0 Å². The Hall–Kier alpha value is -3.02. The van der Waals surface area contributed by atoms with E-state index in [-0.39, 0.29) is 28.6 Å². The van der Waals surface area contributed by atoms with Gasteiger partial charge in [0, 0.05) is 6.61 Å². The van der Waals surface area contributed by atoms with Crippen LogP contribution in [0, 0.1) is 5.82 Å². The lowest BCUT2D eigenvalue weighted by molar-refractivity contribution is 0.298. The van der Waals surface area contributed by atoms with Crippen molar-refractivity contribution in [2.45, 2.75) is 16.2 Å². The summed E-state index contributed by atoms with van der Waals surface area (Å²) in [5, 5.41) is 10.9. The molecule has 5 heteroatoms. The van der Waals surface area contributed by atoms with Gasteiger partial charge in [-0.05, 0) is 70.3 Å². The Morgan fingerprint density at radius 3 is 2.17 bits per heavy atom. The molecule has 0 saturated carbocycles. The molecule has 0 spiro atoms. The smallest absolute Gasteiger partial charge is 0.206 e. The third-order valence-corrected chi connectivity index (χ3v) is 6.79. The Balaban J connectivity index is 1.76. The molecule has 0 aromatic heterocycles. The summed E-state index contributed by atoms with van der Waals surface area (Å²) < 4.78 is 39.5. The average molecular weight is 406 g/mol. The molecule has 0 aliphatic rings. The van der Waals surface area contributed by atoms with Gasteiger partial charge in [0.1, 0.15) is 5.82 Å². The van der Waals surface area contributed by atoms with Gasteiger partial charge in [-0.2, -0.15) is 0 Å². The lowest BCUT2D eigenvalue weighted by atomic mass is 10.0. The highest BCUT2D eigenvalue weighted by Gasteiger charge is 2.21. The van der Waals surface area contributed by atoms with Gasteiger partial charge >= 0.3 is 0 Å². The SMILES string of the molecule is O=S(=O)(c1ccc2cc(-c3ccc(F)cc3)ccc2c1)c1ccccc1CCO. The van der Waals surface area contributed by atoms with Gasteiger partial charge in [0.05, 0.1) is 9.79 Å². The molecule has 0 bridgehead atoms. The highest BCUT2D eigenvalue weighted by atomic mass is 32.2. The van der Waals surface area contributed by atoms with Crippen LogP contribution < -0.4 is 0 Å². The molecule has 0 radical (unpaired) electrons. The van der Waals surface area contributed by atoms with Crippen LogP contribution in [0.3, 0.4) is 0 Å². The first-order valence-electron chi connectivity index (χ1n) is 9.23. The van der Waals surface area contributed by atoms with Crippen LogP contribution in [0.5, 0.6) is 0 Å². The molecule has 0 saturated heterocycles. The number of sulfone groups is 1. The van der Waals surface area contributed by atoms with Crippen LogP contribution in [0.4, 0.5) is 4.39 Å². The van der Waals surface area contributed by atoms with Crippen molar-refractivity contribution in [3.8, 4) is 11.1 Å². The molecule has 0 heterocycles. The Morgan fingerprint density at radius 1 is 0.759 bits per heavy atom. The second kappa shape index (κ2) is 7.78. The molecule has 3 nitrogen and oxygen atoms in total. The maximum Gasteiger partial charge on any atom is 0.206 e. The van der Waals surface area contributed by atoms with Gasteiger partial charge in [-0.15, -0.1) is 0 Å². The van der Waals surface area contributed by atoms with E-state index in [4.69, 9.17) is 0 Å². The van der Waals surface area contributed by atoms with E-state index in [1.165, 1.54) is 12.1 Å². The van der Waals surface area contributed by atoms with Crippen LogP contribution in [0.1, 0.15) is 5.56 Å².